The Hall–Kier alpha value is -1.72. The van der Waals surface area contributed by atoms with E-state index in [1.165, 1.54) is 12.1 Å². The third-order valence-corrected chi connectivity index (χ3v) is 3.71. The van der Waals surface area contributed by atoms with Crippen LogP contribution >= 0.6 is 0 Å². The van der Waals surface area contributed by atoms with Crippen molar-refractivity contribution in [3.05, 3.63) is 42.0 Å². The van der Waals surface area contributed by atoms with Crippen LogP contribution in [0.15, 0.2) is 34.9 Å². The van der Waals surface area contributed by atoms with Crippen molar-refractivity contribution in [3.63, 3.8) is 0 Å². The Bertz CT molecular complexity index is 581. The number of hydrogen-bond acceptors (Lipinski definition) is 4. The molecule has 0 amide bonds. The van der Waals surface area contributed by atoms with E-state index in [9.17, 15) is 9.50 Å². The van der Waals surface area contributed by atoms with Crippen LogP contribution in [0.5, 0.6) is 0 Å². The molecule has 1 aromatic heterocycles. The van der Waals surface area contributed by atoms with E-state index >= 15 is 0 Å². The summed E-state index contributed by atoms with van der Waals surface area (Å²) in [6.07, 6.45) is 4.89. The fourth-order valence-corrected chi connectivity index (χ4v) is 2.57. The summed E-state index contributed by atoms with van der Waals surface area (Å²) in [6, 6.07) is 6.00. The molecule has 1 fully saturated rings. The van der Waals surface area contributed by atoms with Gasteiger partial charge in [-0.2, -0.15) is 0 Å². The van der Waals surface area contributed by atoms with Gasteiger partial charge < -0.3 is 14.3 Å². The van der Waals surface area contributed by atoms with E-state index < -0.39 is 0 Å². The number of oxazole rings is 1. The Kier molecular flexibility index (Phi) is 4.31. The van der Waals surface area contributed by atoms with E-state index in [1.54, 1.807) is 18.4 Å². The molecule has 1 aliphatic carbocycles. The lowest BCUT2D eigenvalue weighted by atomic mass is 9.95. The van der Waals surface area contributed by atoms with Gasteiger partial charge in [-0.25, -0.2) is 9.37 Å². The van der Waals surface area contributed by atoms with Crippen LogP contribution < -0.4 is 0 Å². The molecule has 0 unspecified atom stereocenters. The van der Waals surface area contributed by atoms with Crippen molar-refractivity contribution in [2.75, 3.05) is 0 Å². The topological polar surface area (TPSA) is 55.5 Å². The summed E-state index contributed by atoms with van der Waals surface area (Å²) in [7, 11) is 0. The van der Waals surface area contributed by atoms with Crippen molar-refractivity contribution in [3.8, 4) is 11.5 Å². The second kappa shape index (κ2) is 6.37. The Morgan fingerprint density at radius 3 is 2.86 bits per heavy atom. The molecular weight excluding hydrogens is 273 g/mol. The highest BCUT2D eigenvalue weighted by Crippen LogP contribution is 2.23. The standard InChI is InChI=1S/C16H18FNO3/c17-12-6-4-11(5-7-12)16-18-13(10-21-16)9-20-15-3-1-2-14(19)8-15/h4-7,10,14-15,19H,1-3,8-9H2/t14-,15+/m1/s1. The average Bonchev–Trinajstić information content (AvgIpc) is 2.95. The number of ether oxygens (including phenoxy) is 1. The molecule has 3 rings (SSSR count). The fraction of sp³-hybridized carbons (Fsp3) is 0.438. The lowest BCUT2D eigenvalue weighted by molar-refractivity contribution is -0.0238. The van der Waals surface area contributed by atoms with Gasteiger partial charge in [-0.3, -0.25) is 0 Å². The number of rotatable bonds is 4. The van der Waals surface area contributed by atoms with Crippen LogP contribution in [0.3, 0.4) is 0 Å². The minimum absolute atomic E-state index is 0.0831. The number of aromatic nitrogens is 1. The van der Waals surface area contributed by atoms with Crippen LogP contribution in [-0.4, -0.2) is 22.3 Å². The second-order valence-corrected chi connectivity index (χ2v) is 5.40. The lowest BCUT2D eigenvalue weighted by Crippen LogP contribution is -2.25. The summed E-state index contributed by atoms with van der Waals surface area (Å²) < 4.78 is 24.0. The number of benzene rings is 1. The second-order valence-electron chi connectivity index (χ2n) is 5.40. The first-order valence-corrected chi connectivity index (χ1v) is 7.21. The van der Waals surface area contributed by atoms with Crippen molar-refractivity contribution in [2.45, 2.75) is 44.5 Å². The van der Waals surface area contributed by atoms with Crippen molar-refractivity contribution < 1.29 is 18.7 Å². The number of halogens is 1. The SMILES string of the molecule is O[C@@H]1CCC[C@H](OCc2coc(-c3ccc(F)cc3)n2)C1. The minimum Gasteiger partial charge on any atom is -0.444 e. The minimum atomic E-state index is -0.287. The summed E-state index contributed by atoms with van der Waals surface area (Å²) in [5.41, 5.74) is 1.44. The molecule has 2 aromatic rings. The molecular formula is C16H18FNO3. The summed E-state index contributed by atoms with van der Waals surface area (Å²) in [6.45, 7) is 0.363. The Morgan fingerprint density at radius 2 is 2.10 bits per heavy atom. The molecule has 0 radical (unpaired) electrons. The third-order valence-electron chi connectivity index (χ3n) is 3.71. The molecule has 0 spiro atoms. The van der Waals surface area contributed by atoms with Crippen LogP contribution in [-0.2, 0) is 11.3 Å². The summed E-state index contributed by atoms with van der Waals surface area (Å²) in [5, 5.41) is 9.61. The normalized spacial score (nSPS) is 22.4. The van der Waals surface area contributed by atoms with Crippen LogP contribution in [0.1, 0.15) is 31.4 Å². The van der Waals surface area contributed by atoms with Gasteiger partial charge in [0.05, 0.1) is 18.8 Å². The summed E-state index contributed by atoms with van der Waals surface area (Å²) in [5.74, 6) is 0.169. The quantitative estimate of drug-likeness (QED) is 0.939. The molecule has 0 aliphatic heterocycles. The van der Waals surface area contributed by atoms with Gasteiger partial charge in [0, 0.05) is 5.56 Å². The highest BCUT2D eigenvalue weighted by molar-refractivity contribution is 5.52. The van der Waals surface area contributed by atoms with E-state index in [4.69, 9.17) is 9.15 Å². The maximum Gasteiger partial charge on any atom is 0.226 e. The first-order valence-electron chi connectivity index (χ1n) is 7.21. The highest BCUT2D eigenvalue weighted by Gasteiger charge is 2.21. The molecule has 1 saturated carbocycles. The summed E-state index contributed by atoms with van der Waals surface area (Å²) in [4.78, 5) is 4.34. The smallest absolute Gasteiger partial charge is 0.226 e. The van der Waals surface area contributed by atoms with Crippen molar-refractivity contribution in [1.29, 1.82) is 0 Å². The first-order chi connectivity index (χ1) is 10.2. The van der Waals surface area contributed by atoms with E-state index in [1.807, 2.05) is 0 Å². The van der Waals surface area contributed by atoms with E-state index in [0.29, 0.717) is 24.6 Å². The molecule has 0 saturated heterocycles. The van der Waals surface area contributed by atoms with Gasteiger partial charge in [-0.05, 0) is 49.9 Å². The molecule has 2 atom stereocenters. The Balaban J connectivity index is 1.59. The molecule has 5 heteroatoms. The van der Waals surface area contributed by atoms with E-state index in [2.05, 4.69) is 4.98 Å². The van der Waals surface area contributed by atoms with Gasteiger partial charge >= 0.3 is 0 Å². The monoisotopic (exact) mass is 291 g/mol. The summed E-state index contributed by atoms with van der Waals surface area (Å²) >= 11 is 0. The van der Waals surface area contributed by atoms with Crippen LogP contribution in [0.25, 0.3) is 11.5 Å². The molecule has 112 valence electrons. The van der Waals surface area contributed by atoms with Gasteiger partial charge in [-0.15, -0.1) is 0 Å². The zero-order chi connectivity index (χ0) is 14.7. The molecule has 1 aromatic carbocycles. The van der Waals surface area contributed by atoms with Crippen LogP contribution in [0.2, 0.25) is 0 Å². The third kappa shape index (κ3) is 3.68. The number of nitrogens with zero attached hydrogens (tertiary/aromatic N) is 1. The lowest BCUT2D eigenvalue weighted by Gasteiger charge is -2.25. The van der Waals surface area contributed by atoms with Gasteiger partial charge in [0.2, 0.25) is 5.89 Å². The largest absolute Gasteiger partial charge is 0.444 e. The molecule has 1 aliphatic rings. The van der Waals surface area contributed by atoms with Gasteiger partial charge in [-0.1, -0.05) is 0 Å². The van der Waals surface area contributed by atoms with Gasteiger partial charge in [0.1, 0.15) is 17.8 Å². The molecule has 0 bridgehead atoms. The average molecular weight is 291 g/mol. The molecule has 1 heterocycles. The fourth-order valence-electron chi connectivity index (χ4n) is 2.57. The van der Waals surface area contributed by atoms with Crippen molar-refractivity contribution in [1.82, 2.24) is 4.98 Å². The van der Waals surface area contributed by atoms with Crippen LogP contribution in [0.4, 0.5) is 4.39 Å². The zero-order valence-corrected chi connectivity index (χ0v) is 11.7. The first kappa shape index (κ1) is 14.2. The maximum absolute atomic E-state index is 12.9. The Labute approximate surface area is 122 Å². The Morgan fingerprint density at radius 1 is 1.29 bits per heavy atom. The van der Waals surface area contributed by atoms with Crippen molar-refractivity contribution in [2.24, 2.45) is 0 Å². The van der Waals surface area contributed by atoms with E-state index in [0.717, 1.165) is 24.8 Å². The van der Waals surface area contributed by atoms with E-state index in [-0.39, 0.29) is 18.0 Å². The number of aliphatic hydroxyl groups excluding tert-OH is 1. The number of aliphatic hydroxyl groups is 1. The number of hydrogen-bond donors (Lipinski definition) is 1. The highest BCUT2D eigenvalue weighted by atomic mass is 19.1. The van der Waals surface area contributed by atoms with Gasteiger partial charge in [0.15, 0.2) is 0 Å². The van der Waals surface area contributed by atoms with Crippen molar-refractivity contribution >= 4 is 0 Å². The molecule has 4 nitrogen and oxygen atoms in total. The molecule has 1 N–H and O–H groups in total. The predicted molar refractivity (Wildman–Crippen MR) is 74.9 cm³/mol. The molecule has 21 heavy (non-hydrogen) atoms. The predicted octanol–water partition coefficient (Wildman–Crippen LogP) is 3.30. The van der Waals surface area contributed by atoms with Crippen LogP contribution in [0, 0.1) is 5.82 Å². The zero-order valence-electron chi connectivity index (χ0n) is 11.7. The van der Waals surface area contributed by atoms with Gasteiger partial charge in [0.25, 0.3) is 0 Å². The maximum atomic E-state index is 12.9.